The number of ether oxygens (including phenoxy) is 1. The van der Waals surface area contributed by atoms with E-state index < -0.39 is 0 Å². The van der Waals surface area contributed by atoms with E-state index in [-0.39, 0.29) is 11.3 Å². The minimum absolute atomic E-state index is 0.0550. The normalized spacial score (nSPS) is 11.3. The molecule has 0 atom stereocenters. The van der Waals surface area contributed by atoms with Crippen LogP contribution in [-0.2, 0) is 10.2 Å². The molecule has 3 nitrogen and oxygen atoms in total. The number of carbonyl (C=O) groups is 1. The van der Waals surface area contributed by atoms with Crippen molar-refractivity contribution < 1.29 is 9.53 Å². The first-order valence-electron chi connectivity index (χ1n) is 8.18. The van der Waals surface area contributed by atoms with Crippen LogP contribution in [0.5, 0.6) is 5.75 Å². The molecule has 140 valence electrons. The maximum atomic E-state index is 12.4. The Balaban J connectivity index is 2.08. The molecule has 0 radical (unpaired) electrons. The van der Waals surface area contributed by atoms with Gasteiger partial charge in [-0.15, -0.1) is 11.8 Å². The standard InChI is InChI=1S/C20H23Br2NO2S/c1-12-6-7-13(20(2,3)4)8-18(12)26-11-19(24)23-16-10-17(25-5)15(22)9-14(16)21/h6-10H,11H2,1-5H3,(H,23,24). The average Bonchev–Trinajstić information content (AvgIpc) is 2.55. The maximum Gasteiger partial charge on any atom is 0.234 e. The summed E-state index contributed by atoms with van der Waals surface area (Å²) < 4.78 is 6.92. The fourth-order valence-electron chi connectivity index (χ4n) is 2.33. The molecule has 0 unspecified atom stereocenters. The molecule has 0 spiro atoms. The van der Waals surface area contributed by atoms with Gasteiger partial charge in [-0.25, -0.2) is 0 Å². The van der Waals surface area contributed by atoms with Crippen LogP contribution in [0.4, 0.5) is 5.69 Å². The topological polar surface area (TPSA) is 38.3 Å². The van der Waals surface area contributed by atoms with Crippen LogP contribution in [0.3, 0.4) is 0 Å². The number of hydrogen-bond donors (Lipinski definition) is 1. The molecule has 0 heterocycles. The van der Waals surface area contributed by atoms with E-state index in [0.29, 0.717) is 17.2 Å². The summed E-state index contributed by atoms with van der Waals surface area (Å²) in [6.45, 7) is 8.65. The lowest BCUT2D eigenvalue weighted by molar-refractivity contribution is -0.113. The zero-order chi connectivity index (χ0) is 19.5. The molecule has 0 aliphatic carbocycles. The monoisotopic (exact) mass is 499 g/mol. The van der Waals surface area contributed by atoms with Crippen molar-refractivity contribution in [2.75, 3.05) is 18.2 Å². The van der Waals surface area contributed by atoms with Gasteiger partial charge < -0.3 is 10.1 Å². The van der Waals surface area contributed by atoms with Crippen molar-refractivity contribution in [1.29, 1.82) is 0 Å². The minimum Gasteiger partial charge on any atom is -0.495 e. The molecule has 2 rings (SSSR count). The summed E-state index contributed by atoms with van der Waals surface area (Å²) >= 11 is 8.45. The number of methoxy groups -OCH3 is 1. The van der Waals surface area contributed by atoms with E-state index in [9.17, 15) is 4.79 Å². The second kappa shape index (κ2) is 8.81. The van der Waals surface area contributed by atoms with Crippen molar-refractivity contribution in [2.24, 2.45) is 0 Å². The van der Waals surface area contributed by atoms with Gasteiger partial charge in [0.1, 0.15) is 5.75 Å². The zero-order valence-corrected chi connectivity index (χ0v) is 19.6. The second-order valence-electron chi connectivity index (χ2n) is 7.03. The molecular weight excluding hydrogens is 478 g/mol. The summed E-state index contributed by atoms with van der Waals surface area (Å²) in [6, 6.07) is 10.1. The number of anilines is 1. The Hall–Kier alpha value is -0.980. The van der Waals surface area contributed by atoms with Gasteiger partial charge in [0.05, 0.1) is 23.0 Å². The largest absolute Gasteiger partial charge is 0.495 e. The van der Waals surface area contributed by atoms with Crippen molar-refractivity contribution in [3.63, 3.8) is 0 Å². The summed E-state index contributed by atoms with van der Waals surface area (Å²) in [6.07, 6.45) is 0. The van der Waals surface area contributed by atoms with E-state index in [1.54, 1.807) is 24.9 Å². The van der Waals surface area contributed by atoms with Crippen LogP contribution in [0.15, 0.2) is 44.2 Å². The van der Waals surface area contributed by atoms with Crippen molar-refractivity contribution in [3.05, 3.63) is 50.4 Å². The van der Waals surface area contributed by atoms with Gasteiger partial charge in [0.2, 0.25) is 5.91 Å². The first kappa shape index (κ1) is 21.3. The van der Waals surface area contributed by atoms with Crippen molar-refractivity contribution >= 4 is 55.2 Å². The van der Waals surface area contributed by atoms with Gasteiger partial charge in [-0.05, 0) is 67.5 Å². The average molecular weight is 501 g/mol. The summed E-state index contributed by atoms with van der Waals surface area (Å²) in [5.74, 6) is 0.963. The van der Waals surface area contributed by atoms with Crippen molar-refractivity contribution in [1.82, 2.24) is 0 Å². The molecule has 0 saturated carbocycles. The molecule has 0 aliphatic rings. The molecule has 0 aliphatic heterocycles. The summed E-state index contributed by atoms with van der Waals surface area (Å²) in [5.41, 5.74) is 3.23. The van der Waals surface area contributed by atoms with Crippen LogP contribution < -0.4 is 10.1 Å². The fourth-order valence-corrected chi connectivity index (χ4v) is 4.45. The van der Waals surface area contributed by atoms with Crippen LogP contribution >= 0.6 is 43.6 Å². The van der Waals surface area contributed by atoms with Crippen molar-refractivity contribution in [2.45, 2.75) is 38.0 Å². The minimum atomic E-state index is -0.0550. The van der Waals surface area contributed by atoms with Gasteiger partial charge in [-0.3, -0.25) is 4.79 Å². The Morgan fingerprint density at radius 3 is 2.46 bits per heavy atom. The summed E-state index contributed by atoms with van der Waals surface area (Å²) in [5, 5.41) is 2.94. The molecule has 2 aromatic rings. The van der Waals surface area contributed by atoms with Crippen LogP contribution in [0.2, 0.25) is 0 Å². The number of benzene rings is 2. The lowest BCUT2D eigenvalue weighted by Gasteiger charge is -2.20. The zero-order valence-electron chi connectivity index (χ0n) is 15.6. The highest BCUT2D eigenvalue weighted by Crippen LogP contribution is 2.35. The molecular formula is C20H23Br2NO2S. The van der Waals surface area contributed by atoms with Gasteiger partial charge in [0.15, 0.2) is 0 Å². The number of carbonyl (C=O) groups excluding carboxylic acids is 1. The predicted octanol–water partition coefficient (Wildman–Crippen LogP) is 6.56. The van der Waals surface area contributed by atoms with Crippen LogP contribution in [0.1, 0.15) is 31.9 Å². The highest BCUT2D eigenvalue weighted by atomic mass is 79.9. The molecule has 1 amide bonds. The van der Waals surface area contributed by atoms with E-state index >= 15 is 0 Å². The third kappa shape index (κ3) is 5.51. The number of nitrogens with one attached hydrogen (secondary N) is 1. The number of aryl methyl sites for hydroxylation is 1. The molecule has 26 heavy (non-hydrogen) atoms. The molecule has 0 bridgehead atoms. The Labute approximate surface area is 176 Å². The molecule has 0 saturated heterocycles. The first-order chi connectivity index (χ1) is 12.1. The van der Waals surface area contributed by atoms with E-state index in [1.807, 2.05) is 6.07 Å². The van der Waals surface area contributed by atoms with E-state index in [4.69, 9.17) is 4.74 Å². The van der Waals surface area contributed by atoms with E-state index in [2.05, 4.69) is 83.1 Å². The van der Waals surface area contributed by atoms with Crippen LogP contribution in [-0.4, -0.2) is 18.8 Å². The molecule has 0 fully saturated rings. The molecule has 1 N–H and O–H groups in total. The number of rotatable bonds is 5. The predicted molar refractivity (Wildman–Crippen MR) is 118 cm³/mol. The molecule has 0 aromatic heterocycles. The first-order valence-corrected chi connectivity index (χ1v) is 10.8. The van der Waals surface area contributed by atoms with E-state index in [0.717, 1.165) is 13.8 Å². The highest BCUT2D eigenvalue weighted by Gasteiger charge is 2.16. The van der Waals surface area contributed by atoms with Gasteiger partial charge >= 0.3 is 0 Å². The van der Waals surface area contributed by atoms with Gasteiger partial charge in [-0.1, -0.05) is 32.9 Å². The highest BCUT2D eigenvalue weighted by molar-refractivity contribution is 9.11. The van der Waals surface area contributed by atoms with Gasteiger partial charge in [0, 0.05) is 15.4 Å². The molecule has 6 heteroatoms. The Bertz CT molecular complexity index is 816. The van der Waals surface area contributed by atoms with Gasteiger partial charge in [0.25, 0.3) is 0 Å². The third-order valence-corrected chi connectivity index (χ3v) is 6.36. The van der Waals surface area contributed by atoms with E-state index in [1.165, 1.54) is 11.1 Å². The number of thioether (sulfide) groups is 1. The van der Waals surface area contributed by atoms with Crippen molar-refractivity contribution in [3.8, 4) is 5.75 Å². The van der Waals surface area contributed by atoms with Gasteiger partial charge in [-0.2, -0.15) is 0 Å². The lowest BCUT2D eigenvalue weighted by Crippen LogP contribution is -2.15. The SMILES string of the molecule is COc1cc(NC(=O)CSc2cc(C(C)(C)C)ccc2C)c(Br)cc1Br. The molecule has 2 aromatic carbocycles. The number of amides is 1. The smallest absolute Gasteiger partial charge is 0.234 e. The van der Waals surface area contributed by atoms with Crippen LogP contribution in [0.25, 0.3) is 0 Å². The second-order valence-corrected chi connectivity index (χ2v) is 9.76. The Morgan fingerprint density at radius 1 is 1.15 bits per heavy atom. The summed E-state index contributed by atoms with van der Waals surface area (Å²) in [4.78, 5) is 13.5. The fraction of sp³-hybridized carbons (Fsp3) is 0.350. The third-order valence-electron chi connectivity index (χ3n) is 3.93. The maximum absolute atomic E-state index is 12.4. The number of halogens is 2. The number of hydrogen-bond acceptors (Lipinski definition) is 3. The Morgan fingerprint density at radius 2 is 1.85 bits per heavy atom. The Kier molecular flexibility index (Phi) is 7.22. The lowest BCUT2D eigenvalue weighted by atomic mass is 9.87. The summed E-state index contributed by atoms with van der Waals surface area (Å²) in [7, 11) is 1.60. The van der Waals surface area contributed by atoms with Crippen LogP contribution in [0, 0.1) is 6.92 Å². The quantitative estimate of drug-likeness (QED) is 0.472.